The number of rotatable bonds is 6. The Morgan fingerprint density at radius 1 is 1.16 bits per heavy atom. The summed E-state index contributed by atoms with van der Waals surface area (Å²) >= 11 is 0. The van der Waals surface area contributed by atoms with E-state index < -0.39 is 0 Å². The van der Waals surface area contributed by atoms with E-state index in [-0.39, 0.29) is 18.6 Å². The van der Waals surface area contributed by atoms with Crippen molar-refractivity contribution < 1.29 is 9.53 Å². The zero-order chi connectivity index (χ0) is 17.6. The lowest BCUT2D eigenvalue weighted by molar-refractivity contribution is -0.123. The van der Waals surface area contributed by atoms with E-state index in [1.54, 1.807) is 0 Å². The van der Waals surface area contributed by atoms with Gasteiger partial charge in [0.05, 0.1) is 6.04 Å². The molecule has 0 aromatic heterocycles. The lowest BCUT2D eigenvalue weighted by atomic mass is 9.95. The van der Waals surface area contributed by atoms with E-state index in [0.29, 0.717) is 6.54 Å². The van der Waals surface area contributed by atoms with Gasteiger partial charge in [0.1, 0.15) is 5.75 Å². The van der Waals surface area contributed by atoms with Crippen LogP contribution in [0.1, 0.15) is 48.1 Å². The summed E-state index contributed by atoms with van der Waals surface area (Å²) in [6.07, 6.45) is 3.95. The Bertz CT molecular complexity index is 742. The molecule has 1 unspecified atom stereocenters. The smallest absolute Gasteiger partial charge is 0.257 e. The zero-order valence-electron chi connectivity index (χ0n) is 14.8. The first kappa shape index (κ1) is 17.5. The summed E-state index contributed by atoms with van der Waals surface area (Å²) in [7, 11) is 0. The van der Waals surface area contributed by atoms with Gasteiger partial charge in [-0.1, -0.05) is 43.7 Å². The Hall–Kier alpha value is -2.33. The Morgan fingerprint density at radius 2 is 1.92 bits per heavy atom. The quantitative estimate of drug-likeness (QED) is 0.796. The van der Waals surface area contributed by atoms with E-state index >= 15 is 0 Å². The molecule has 0 saturated heterocycles. The molecule has 4 nitrogen and oxygen atoms in total. The normalized spacial score (nSPS) is 15.7. The number of unbranched alkanes of at least 4 members (excludes halogenated alkanes) is 1. The van der Waals surface area contributed by atoms with Crippen LogP contribution in [-0.2, 0) is 17.6 Å². The summed E-state index contributed by atoms with van der Waals surface area (Å²) in [5.41, 5.74) is 11.3. The van der Waals surface area contributed by atoms with Crippen molar-refractivity contribution in [3.63, 3.8) is 0 Å². The van der Waals surface area contributed by atoms with E-state index in [1.807, 2.05) is 24.3 Å². The second-order valence-corrected chi connectivity index (χ2v) is 6.53. The molecule has 3 N–H and O–H groups in total. The van der Waals surface area contributed by atoms with E-state index in [0.717, 1.165) is 37.0 Å². The third-order valence-electron chi connectivity index (χ3n) is 4.73. The number of carbonyl (C=O) groups excluding carboxylic acids is 1. The van der Waals surface area contributed by atoms with E-state index in [4.69, 9.17) is 10.5 Å². The Morgan fingerprint density at radius 3 is 2.76 bits per heavy atom. The summed E-state index contributed by atoms with van der Waals surface area (Å²) < 4.78 is 5.66. The number of fused-ring (bicyclic) bond motifs is 2. The first-order chi connectivity index (χ1) is 12.2. The van der Waals surface area contributed by atoms with Crippen LogP contribution in [0.4, 0.5) is 0 Å². The standard InChI is InChI=1S/C21H26N2O2/c1-2-3-12-23-20(24)14-25-17-10-11-19-16(13-17)9-8-15-6-4-5-7-18(15)21(19)22/h4-7,10-11,13,21H,2-3,8-9,12,14,22H2,1H3,(H,23,24). The average molecular weight is 338 g/mol. The van der Waals surface area contributed by atoms with Crippen molar-refractivity contribution in [2.24, 2.45) is 5.73 Å². The van der Waals surface area contributed by atoms with Gasteiger partial charge >= 0.3 is 0 Å². The summed E-state index contributed by atoms with van der Waals surface area (Å²) in [6.45, 7) is 2.85. The summed E-state index contributed by atoms with van der Waals surface area (Å²) in [6, 6.07) is 14.2. The molecule has 1 aliphatic carbocycles. The molecule has 1 atom stereocenters. The molecular weight excluding hydrogens is 312 g/mol. The molecule has 1 amide bonds. The van der Waals surface area contributed by atoms with Gasteiger partial charge in [0.25, 0.3) is 5.91 Å². The van der Waals surface area contributed by atoms with Crippen LogP contribution in [0.5, 0.6) is 5.75 Å². The SMILES string of the molecule is CCCCNC(=O)COc1ccc2c(c1)CCc1ccccc1C2N. The zero-order valence-corrected chi connectivity index (χ0v) is 14.8. The van der Waals surface area contributed by atoms with E-state index in [9.17, 15) is 4.79 Å². The maximum Gasteiger partial charge on any atom is 0.257 e. The van der Waals surface area contributed by atoms with Crippen molar-refractivity contribution in [1.82, 2.24) is 5.32 Å². The number of nitrogens with one attached hydrogen (secondary N) is 1. The number of hydrogen-bond donors (Lipinski definition) is 2. The van der Waals surface area contributed by atoms with Crippen molar-refractivity contribution in [1.29, 1.82) is 0 Å². The topological polar surface area (TPSA) is 64.3 Å². The maximum atomic E-state index is 11.8. The Labute approximate surface area is 149 Å². The third-order valence-corrected chi connectivity index (χ3v) is 4.73. The number of amides is 1. The molecule has 0 heterocycles. The van der Waals surface area contributed by atoms with Gasteiger partial charge in [0.2, 0.25) is 0 Å². The molecule has 0 spiro atoms. The van der Waals surface area contributed by atoms with Gasteiger partial charge in [-0.15, -0.1) is 0 Å². The Balaban J connectivity index is 1.68. The van der Waals surface area contributed by atoms with Crippen molar-refractivity contribution in [3.8, 4) is 5.75 Å². The second-order valence-electron chi connectivity index (χ2n) is 6.53. The average Bonchev–Trinajstić information content (AvgIpc) is 2.77. The molecule has 132 valence electrons. The number of hydrogen-bond acceptors (Lipinski definition) is 3. The van der Waals surface area contributed by atoms with Crippen LogP contribution in [0.3, 0.4) is 0 Å². The fourth-order valence-electron chi connectivity index (χ4n) is 3.30. The van der Waals surface area contributed by atoms with Crippen LogP contribution < -0.4 is 15.8 Å². The first-order valence-electron chi connectivity index (χ1n) is 9.04. The van der Waals surface area contributed by atoms with E-state index in [2.05, 4.69) is 30.4 Å². The fourth-order valence-corrected chi connectivity index (χ4v) is 3.30. The maximum absolute atomic E-state index is 11.8. The van der Waals surface area contributed by atoms with Crippen LogP contribution in [0, 0.1) is 0 Å². The molecule has 25 heavy (non-hydrogen) atoms. The highest BCUT2D eigenvalue weighted by atomic mass is 16.5. The van der Waals surface area contributed by atoms with Crippen LogP contribution in [0.25, 0.3) is 0 Å². The number of nitrogens with two attached hydrogens (primary N) is 1. The van der Waals surface area contributed by atoms with Crippen molar-refractivity contribution in [2.45, 2.75) is 38.6 Å². The van der Waals surface area contributed by atoms with Crippen LogP contribution in [-0.4, -0.2) is 19.1 Å². The number of ether oxygens (including phenoxy) is 1. The highest BCUT2D eigenvalue weighted by Gasteiger charge is 2.20. The van der Waals surface area contributed by atoms with Gasteiger partial charge in [0, 0.05) is 6.54 Å². The molecule has 4 heteroatoms. The fraction of sp³-hybridized carbons (Fsp3) is 0.381. The highest BCUT2D eigenvalue weighted by Crippen LogP contribution is 2.32. The van der Waals surface area contributed by atoms with Crippen molar-refractivity contribution in [3.05, 3.63) is 64.7 Å². The van der Waals surface area contributed by atoms with Crippen molar-refractivity contribution in [2.75, 3.05) is 13.2 Å². The Kier molecular flexibility index (Phi) is 5.71. The molecule has 2 aromatic carbocycles. The van der Waals surface area contributed by atoms with Gasteiger partial charge in [0.15, 0.2) is 6.61 Å². The molecule has 0 radical (unpaired) electrons. The predicted octanol–water partition coefficient (Wildman–Crippen LogP) is 3.13. The summed E-state index contributed by atoms with van der Waals surface area (Å²) in [5, 5.41) is 2.86. The van der Waals surface area contributed by atoms with Crippen LogP contribution in [0.2, 0.25) is 0 Å². The minimum atomic E-state index is -0.111. The van der Waals surface area contributed by atoms with Gasteiger partial charge in [-0.3, -0.25) is 4.79 Å². The molecule has 2 aromatic rings. The van der Waals surface area contributed by atoms with E-state index in [1.165, 1.54) is 16.7 Å². The minimum absolute atomic E-state index is 0.0504. The van der Waals surface area contributed by atoms with Crippen molar-refractivity contribution >= 4 is 5.91 Å². The lowest BCUT2D eigenvalue weighted by Crippen LogP contribution is -2.29. The van der Waals surface area contributed by atoms with Gasteiger partial charge < -0.3 is 15.8 Å². The van der Waals surface area contributed by atoms with Gasteiger partial charge in [-0.05, 0) is 53.6 Å². The molecule has 0 saturated carbocycles. The highest BCUT2D eigenvalue weighted by molar-refractivity contribution is 5.77. The third kappa shape index (κ3) is 4.20. The molecular formula is C21H26N2O2. The minimum Gasteiger partial charge on any atom is -0.484 e. The monoisotopic (exact) mass is 338 g/mol. The predicted molar refractivity (Wildman–Crippen MR) is 99.7 cm³/mol. The largest absolute Gasteiger partial charge is 0.484 e. The number of benzene rings is 2. The summed E-state index contributed by atoms with van der Waals surface area (Å²) in [5.74, 6) is 0.648. The van der Waals surface area contributed by atoms with Gasteiger partial charge in [-0.2, -0.15) is 0 Å². The molecule has 0 aliphatic heterocycles. The number of carbonyl (C=O) groups is 1. The second kappa shape index (κ2) is 8.17. The van der Waals surface area contributed by atoms with Gasteiger partial charge in [-0.25, -0.2) is 0 Å². The summed E-state index contributed by atoms with van der Waals surface area (Å²) in [4.78, 5) is 11.8. The lowest BCUT2D eigenvalue weighted by Gasteiger charge is -2.16. The van der Waals surface area contributed by atoms with Crippen LogP contribution >= 0.6 is 0 Å². The van der Waals surface area contributed by atoms with Crippen LogP contribution in [0.15, 0.2) is 42.5 Å². The molecule has 0 fully saturated rings. The molecule has 0 bridgehead atoms. The number of aryl methyl sites for hydroxylation is 2. The first-order valence-corrected chi connectivity index (χ1v) is 9.04. The molecule has 1 aliphatic rings. The molecule has 3 rings (SSSR count).